The molecule has 0 saturated heterocycles. The van der Waals surface area contributed by atoms with Gasteiger partial charge in [-0.25, -0.2) is 0 Å². The highest BCUT2D eigenvalue weighted by Gasteiger charge is 2.22. The smallest absolute Gasteiger partial charge is 0.234 e. The fourth-order valence-corrected chi connectivity index (χ4v) is 1.16. The Morgan fingerprint density at radius 2 is 2.29 bits per heavy atom. The Hall–Kier alpha value is -0.610. The molecule has 4 nitrogen and oxygen atoms in total. The van der Waals surface area contributed by atoms with Crippen LogP contribution in [-0.4, -0.2) is 48.7 Å². The van der Waals surface area contributed by atoms with E-state index in [1.165, 1.54) is 12.8 Å². The van der Waals surface area contributed by atoms with Gasteiger partial charge in [-0.3, -0.25) is 9.69 Å². The zero-order valence-corrected chi connectivity index (χ0v) is 8.99. The molecule has 0 radical (unpaired) electrons. The Bertz CT molecular complexity index is 193. The van der Waals surface area contributed by atoms with Crippen LogP contribution >= 0.6 is 0 Å². The van der Waals surface area contributed by atoms with Crippen molar-refractivity contribution >= 4 is 5.91 Å². The number of aliphatic hydroxyl groups is 1. The molecule has 1 aliphatic rings. The Balaban J connectivity index is 2.11. The third-order valence-corrected chi connectivity index (χ3v) is 2.69. The molecule has 1 saturated carbocycles. The Kier molecular flexibility index (Phi) is 4.35. The summed E-state index contributed by atoms with van der Waals surface area (Å²) >= 11 is 0. The molecule has 1 amide bonds. The third kappa shape index (κ3) is 4.07. The molecule has 0 heterocycles. The first-order valence-corrected chi connectivity index (χ1v) is 5.21. The van der Waals surface area contributed by atoms with Gasteiger partial charge >= 0.3 is 0 Å². The van der Waals surface area contributed by atoms with Crippen molar-refractivity contribution in [2.75, 3.05) is 26.7 Å². The maximum Gasteiger partial charge on any atom is 0.234 e. The summed E-state index contributed by atoms with van der Waals surface area (Å²) in [5, 5.41) is 11.8. The van der Waals surface area contributed by atoms with Crippen molar-refractivity contribution in [1.82, 2.24) is 10.2 Å². The second kappa shape index (κ2) is 5.32. The van der Waals surface area contributed by atoms with Crippen LogP contribution in [0.1, 0.15) is 19.8 Å². The zero-order valence-electron chi connectivity index (χ0n) is 8.99. The molecular formula is C10H20N2O2. The maximum absolute atomic E-state index is 11.4. The van der Waals surface area contributed by atoms with Crippen molar-refractivity contribution in [3.05, 3.63) is 0 Å². The number of carbonyl (C=O) groups excluding carboxylic acids is 1. The van der Waals surface area contributed by atoms with Crippen molar-refractivity contribution < 1.29 is 9.90 Å². The van der Waals surface area contributed by atoms with Gasteiger partial charge in [-0.2, -0.15) is 0 Å². The molecule has 2 N–H and O–H groups in total. The van der Waals surface area contributed by atoms with E-state index in [-0.39, 0.29) is 18.6 Å². The second-order valence-electron chi connectivity index (χ2n) is 4.19. The lowest BCUT2D eigenvalue weighted by Crippen LogP contribution is -2.41. The maximum atomic E-state index is 11.4. The third-order valence-electron chi connectivity index (χ3n) is 2.69. The summed E-state index contributed by atoms with van der Waals surface area (Å²) in [6.07, 6.45) is 2.51. The van der Waals surface area contributed by atoms with Crippen LogP contribution in [0.3, 0.4) is 0 Å². The monoisotopic (exact) mass is 200 g/mol. The van der Waals surface area contributed by atoms with E-state index in [4.69, 9.17) is 5.11 Å². The van der Waals surface area contributed by atoms with Crippen LogP contribution in [0.15, 0.2) is 0 Å². The normalized spacial score (nSPS) is 18.3. The van der Waals surface area contributed by atoms with E-state index in [1.807, 2.05) is 18.9 Å². The number of carbonyl (C=O) groups is 1. The molecule has 0 spiro atoms. The van der Waals surface area contributed by atoms with E-state index in [2.05, 4.69) is 5.32 Å². The number of rotatable bonds is 6. The van der Waals surface area contributed by atoms with Gasteiger partial charge in [-0.1, -0.05) is 0 Å². The average molecular weight is 200 g/mol. The molecule has 1 aliphatic carbocycles. The molecule has 82 valence electrons. The number of nitrogens with zero attached hydrogens (tertiary/aromatic N) is 1. The summed E-state index contributed by atoms with van der Waals surface area (Å²) in [6, 6.07) is 0.0432. The molecule has 1 rings (SSSR count). The van der Waals surface area contributed by atoms with Crippen molar-refractivity contribution in [2.45, 2.75) is 25.8 Å². The van der Waals surface area contributed by atoms with Gasteiger partial charge in [0.05, 0.1) is 13.2 Å². The van der Waals surface area contributed by atoms with Crippen LogP contribution in [-0.2, 0) is 4.79 Å². The van der Waals surface area contributed by atoms with Gasteiger partial charge in [0, 0.05) is 12.6 Å². The van der Waals surface area contributed by atoms with E-state index in [0.717, 1.165) is 12.5 Å². The number of likely N-dealkylation sites (N-methyl/N-ethyl adjacent to an activating group) is 1. The van der Waals surface area contributed by atoms with Crippen LogP contribution in [0.2, 0.25) is 0 Å². The molecule has 0 aliphatic heterocycles. The SMILES string of the molecule is CC(CO)N(C)CC(=O)NCC1CC1. The van der Waals surface area contributed by atoms with E-state index < -0.39 is 0 Å². The minimum atomic E-state index is 0.0432. The predicted molar refractivity (Wildman–Crippen MR) is 54.9 cm³/mol. The Morgan fingerprint density at radius 3 is 2.79 bits per heavy atom. The molecule has 1 unspecified atom stereocenters. The molecule has 0 aromatic heterocycles. The summed E-state index contributed by atoms with van der Waals surface area (Å²) < 4.78 is 0. The summed E-state index contributed by atoms with van der Waals surface area (Å²) in [5.74, 6) is 0.777. The minimum absolute atomic E-state index is 0.0432. The van der Waals surface area contributed by atoms with Gasteiger partial charge in [0.25, 0.3) is 0 Å². The Morgan fingerprint density at radius 1 is 1.64 bits per heavy atom. The lowest BCUT2D eigenvalue weighted by atomic mass is 10.3. The fourth-order valence-electron chi connectivity index (χ4n) is 1.16. The number of hydrogen-bond donors (Lipinski definition) is 2. The molecule has 0 bridgehead atoms. The molecule has 1 fully saturated rings. The topological polar surface area (TPSA) is 52.6 Å². The highest BCUT2D eigenvalue weighted by molar-refractivity contribution is 5.78. The summed E-state index contributed by atoms with van der Waals surface area (Å²) in [4.78, 5) is 13.2. The minimum Gasteiger partial charge on any atom is -0.395 e. The highest BCUT2D eigenvalue weighted by Crippen LogP contribution is 2.27. The van der Waals surface area contributed by atoms with E-state index in [0.29, 0.717) is 6.54 Å². The van der Waals surface area contributed by atoms with Gasteiger partial charge in [0.15, 0.2) is 0 Å². The van der Waals surface area contributed by atoms with Crippen molar-refractivity contribution in [3.8, 4) is 0 Å². The zero-order chi connectivity index (χ0) is 10.6. The molecule has 0 aromatic rings. The lowest BCUT2D eigenvalue weighted by Gasteiger charge is -2.21. The highest BCUT2D eigenvalue weighted by atomic mass is 16.3. The molecule has 0 aromatic carbocycles. The number of aliphatic hydroxyl groups excluding tert-OH is 1. The van der Waals surface area contributed by atoms with Gasteiger partial charge in [0.2, 0.25) is 5.91 Å². The predicted octanol–water partition coefficient (Wildman–Crippen LogP) is -0.175. The first-order valence-electron chi connectivity index (χ1n) is 5.21. The number of amides is 1. The first kappa shape index (κ1) is 11.5. The number of hydrogen-bond acceptors (Lipinski definition) is 3. The van der Waals surface area contributed by atoms with Crippen LogP contribution in [0.4, 0.5) is 0 Å². The Labute approximate surface area is 85.3 Å². The van der Waals surface area contributed by atoms with Gasteiger partial charge in [0.1, 0.15) is 0 Å². The molecule has 1 atom stereocenters. The average Bonchev–Trinajstić information content (AvgIpc) is 2.96. The fraction of sp³-hybridized carbons (Fsp3) is 0.900. The van der Waals surface area contributed by atoms with Crippen molar-refractivity contribution in [2.24, 2.45) is 5.92 Å². The second-order valence-corrected chi connectivity index (χ2v) is 4.19. The van der Waals surface area contributed by atoms with Crippen molar-refractivity contribution in [3.63, 3.8) is 0 Å². The first-order chi connectivity index (χ1) is 6.63. The van der Waals surface area contributed by atoms with E-state index >= 15 is 0 Å². The van der Waals surface area contributed by atoms with E-state index in [9.17, 15) is 4.79 Å². The van der Waals surface area contributed by atoms with Gasteiger partial charge in [-0.05, 0) is 32.7 Å². The number of nitrogens with one attached hydrogen (secondary N) is 1. The van der Waals surface area contributed by atoms with Crippen molar-refractivity contribution in [1.29, 1.82) is 0 Å². The van der Waals surface area contributed by atoms with Crippen LogP contribution in [0.5, 0.6) is 0 Å². The van der Waals surface area contributed by atoms with Gasteiger partial charge < -0.3 is 10.4 Å². The van der Waals surface area contributed by atoms with Gasteiger partial charge in [-0.15, -0.1) is 0 Å². The van der Waals surface area contributed by atoms with Crippen LogP contribution < -0.4 is 5.32 Å². The largest absolute Gasteiger partial charge is 0.395 e. The quantitative estimate of drug-likeness (QED) is 0.625. The molecular weight excluding hydrogens is 180 g/mol. The standard InChI is InChI=1S/C10H20N2O2/c1-8(7-13)12(2)6-10(14)11-5-9-3-4-9/h8-9,13H,3-7H2,1-2H3,(H,11,14). The lowest BCUT2D eigenvalue weighted by molar-refractivity contribution is -0.122. The summed E-state index contributed by atoms with van der Waals surface area (Å²) in [5.41, 5.74) is 0. The van der Waals surface area contributed by atoms with Crippen LogP contribution in [0.25, 0.3) is 0 Å². The summed E-state index contributed by atoms with van der Waals surface area (Å²) in [6.45, 7) is 3.18. The molecule has 4 heteroatoms. The van der Waals surface area contributed by atoms with Crippen LogP contribution in [0, 0.1) is 5.92 Å². The summed E-state index contributed by atoms with van der Waals surface area (Å²) in [7, 11) is 1.84. The van der Waals surface area contributed by atoms with E-state index in [1.54, 1.807) is 0 Å². The molecule has 14 heavy (non-hydrogen) atoms.